The summed E-state index contributed by atoms with van der Waals surface area (Å²) in [4.78, 5) is 25.0. The number of benzene rings is 2. The maximum atomic E-state index is 12.8. The number of carbonyl (C=O) groups excluding carboxylic acids is 2. The summed E-state index contributed by atoms with van der Waals surface area (Å²) in [6.45, 7) is -0.427. The second kappa shape index (κ2) is 8.65. The van der Waals surface area contributed by atoms with Crippen molar-refractivity contribution in [2.24, 2.45) is 0 Å². The monoisotopic (exact) mass is 453 g/mol. The molecular weight excluding hydrogens is 434 g/mol. The summed E-state index contributed by atoms with van der Waals surface area (Å²) in [6.07, 6.45) is 2.63. The number of β-amino-alcohol motifs (C(OH)–C–C–N with tert-alkyl or cyclic N) is 1. The van der Waals surface area contributed by atoms with Crippen molar-refractivity contribution in [2.75, 3.05) is 23.2 Å². The standard InChI is InChI=1S/C21H19N5O5S/c27-13-12-25-20(28)14-18(21(25)29)23-15-6-8-17(9-7-15)32(30,31)24-19-10-11-22-26(19)16-4-2-1-3-5-16/h1-11,14,23-24,27H,12-13H2. The third kappa shape index (κ3) is 4.24. The van der Waals surface area contributed by atoms with Crippen LogP contribution < -0.4 is 10.0 Å². The molecule has 3 N–H and O–H groups in total. The van der Waals surface area contributed by atoms with Gasteiger partial charge in [-0.15, -0.1) is 0 Å². The fourth-order valence-corrected chi connectivity index (χ4v) is 4.18. The first kappa shape index (κ1) is 21.3. The highest BCUT2D eigenvalue weighted by Gasteiger charge is 2.30. The topological polar surface area (TPSA) is 134 Å². The number of aromatic nitrogens is 2. The van der Waals surface area contributed by atoms with Crippen molar-refractivity contribution in [2.45, 2.75) is 4.90 Å². The first-order valence-electron chi connectivity index (χ1n) is 9.57. The molecule has 4 rings (SSSR count). The van der Waals surface area contributed by atoms with E-state index in [9.17, 15) is 18.0 Å². The van der Waals surface area contributed by atoms with Crippen molar-refractivity contribution in [1.29, 1.82) is 0 Å². The van der Waals surface area contributed by atoms with Gasteiger partial charge in [0.05, 0.1) is 29.9 Å². The molecule has 32 heavy (non-hydrogen) atoms. The van der Waals surface area contributed by atoms with Crippen LogP contribution in [-0.2, 0) is 19.6 Å². The molecule has 2 amide bonds. The number of nitrogens with one attached hydrogen (secondary N) is 2. The zero-order valence-electron chi connectivity index (χ0n) is 16.7. The van der Waals surface area contributed by atoms with Gasteiger partial charge in [-0.2, -0.15) is 5.10 Å². The summed E-state index contributed by atoms with van der Waals surface area (Å²) >= 11 is 0. The fraction of sp³-hybridized carbons (Fsp3) is 0.0952. The van der Waals surface area contributed by atoms with Gasteiger partial charge in [-0.3, -0.25) is 19.2 Å². The van der Waals surface area contributed by atoms with Crippen LogP contribution in [0.2, 0.25) is 0 Å². The molecule has 0 spiro atoms. The molecule has 164 valence electrons. The van der Waals surface area contributed by atoms with Gasteiger partial charge in [-0.05, 0) is 36.4 Å². The second-order valence-corrected chi connectivity index (χ2v) is 8.48. The third-order valence-corrected chi connectivity index (χ3v) is 6.03. The molecule has 1 aliphatic heterocycles. The molecule has 0 bridgehead atoms. The van der Waals surface area contributed by atoms with Gasteiger partial charge in [0, 0.05) is 17.8 Å². The zero-order chi connectivity index (χ0) is 22.7. The van der Waals surface area contributed by atoms with Gasteiger partial charge in [0.25, 0.3) is 21.8 Å². The Bertz CT molecular complexity index is 1280. The SMILES string of the molecule is O=C1C=C(Nc2ccc(S(=O)(=O)Nc3ccnn3-c3ccccc3)cc2)C(=O)N1CCO. The average Bonchev–Trinajstić information content (AvgIpc) is 3.34. The lowest BCUT2D eigenvalue weighted by Crippen LogP contribution is -2.34. The van der Waals surface area contributed by atoms with Crippen molar-refractivity contribution in [1.82, 2.24) is 14.7 Å². The van der Waals surface area contributed by atoms with Crippen molar-refractivity contribution in [3.05, 3.63) is 78.6 Å². The number of nitrogens with zero attached hydrogens (tertiary/aromatic N) is 3. The number of imide groups is 1. The number of anilines is 2. The molecule has 0 saturated heterocycles. The van der Waals surface area contributed by atoms with Crippen LogP contribution in [0.25, 0.3) is 5.69 Å². The summed E-state index contributed by atoms with van der Waals surface area (Å²) in [5.74, 6) is -0.802. The van der Waals surface area contributed by atoms with E-state index in [-0.39, 0.29) is 29.6 Å². The Morgan fingerprint density at radius 3 is 2.38 bits per heavy atom. The first-order chi connectivity index (χ1) is 15.4. The van der Waals surface area contributed by atoms with Crippen LogP contribution in [0.1, 0.15) is 0 Å². The number of amides is 2. The number of rotatable bonds is 8. The molecule has 2 heterocycles. The smallest absolute Gasteiger partial charge is 0.277 e. The van der Waals surface area contributed by atoms with Gasteiger partial charge in [-0.25, -0.2) is 13.1 Å². The van der Waals surface area contributed by atoms with Gasteiger partial charge in [0.15, 0.2) is 0 Å². The predicted octanol–water partition coefficient (Wildman–Crippen LogP) is 1.33. The van der Waals surface area contributed by atoms with E-state index in [1.807, 2.05) is 18.2 Å². The van der Waals surface area contributed by atoms with Gasteiger partial charge in [-0.1, -0.05) is 18.2 Å². The number of hydrogen-bond donors (Lipinski definition) is 3. The van der Waals surface area contributed by atoms with Gasteiger partial charge < -0.3 is 10.4 Å². The normalized spacial score (nSPS) is 13.9. The Balaban J connectivity index is 1.49. The van der Waals surface area contributed by atoms with Gasteiger partial charge in [0.2, 0.25) is 0 Å². The Labute approximate surface area is 183 Å². The number of carbonyl (C=O) groups is 2. The van der Waals surface area contributed by atoms with E-state index < -0.39 is 21.8 Å². The van der Waals surface area contributed by atoms with Crippen molar-refractivity contribution in [3.63, 3.8) is 0 Å². The minimum absolute atomic E-state index is 0.00794. The molecule has 3 aromatic rings. The zero-order valence-corrected chi connectivity index (χ0v) is 17.5. The number of aliphatic hydroxyl groups is 1. The molecule has 10 nitrogen and oxygen atoms in total. The molecule has 0 fully saturated rings. The number of sulfonamides is 1. The van der Waals surface area contributed by atoms with E-state index in [1.54, 1.807) is 18.2 Å². The van der Waals surface area contributed by atoms with Crippen LogP contribution in [0.4, 0.5) is 11.5 Å². The average molecular weight is 453 g/mol. The lowest BCUT2D eigenvalue weighted by Gasteiger charge is -2.14. The second-order valence-electron chi connectivity index (χ2n) is 6.80. The van der Waals surface area contributed by atoms with Gasteiger partial charge in [0.1, 0.15) is 11.5 Å². The largest absolute Gasteiger partial charge is 0.395 e. The Hall–Kier alpha value is -3.96. The van der Waals surface area contributed by atoms with Crippen LogP contribution in [0, 0.1) is 0 Å². The summed E-state index contributed by atoms with van der Waals surface area (Å²) in [6, 6.07) is 16.4. The molecular formula is C21H19N5O5S. The number of hydrogen-bond acceptors (Lipinski definition) is 7. The van der Waals surface area contributed by atoms with Crippen molar-refractivity contribution < 1.29 is 23.1 Å². The maximum absolute atomic E-state index is 12.8. The molecule has 1 aliphatic rings. The Morgan fingerprint density at radius 1 is 0.969 bits per heavy atom. The van der Waals surface area contributed by atoms with Crippen molar-refractivity contribution >= 4 is 33.3 Å². The van der Waals surface area contributed by atoms with Crippen molar-refractivity contribution in [3.8, 4) is 5.69 Å². The minimum Gasteiger partial charge on any atom is -0.395 e. The Kier molecular flexibility index (Phi) is 5.75. The summed E-state index contributed by atoms with van der Waals surface area (Å²) in [5.41, 5.74) is 1.18. The molecule has 0 atom stereocenters. The Morgan fingerprint density at radius 2 is 1.69 bits per heavy atom. The third-order valence-electron chi connectivity index (χ3n) is 4.66. The summed E-state index contributed by atoms with van der Waals surface area (Å²) in [7, 11) is -3.90. The molecule has 0 aliphatic carbocycles. The highest BCUT2D eigenvalue weighted by Crippen LogP contribution is 2.22. The van der Waals surface area contributed by atoms with Crippen LogP contribution >= 0.6 is 0 Å². The van der Waals surface area contributed by atoms with Gasteiger partial charge >= 0.3 is 0 Å². The number of aliphatic hydroxyl groups excluding tert-OH is 1. The maximum Gasteiger partial charge on any atom is 0.277 e. The highest BCUT2D eigenvalue weighted by molar-refractivity contribution is 7.92. The molecule has 11 heteroatoms. The first-order valence-corrected chi connectivity index (χ1v) is 11.0. The predicted molar refractivity (Wildman–Crippen MR) is 116 cm³/mol. The van der Waals surface area contributed by atoms with E-state index in [0.717, 1.165) is 11.0 Å². The van der Waals surface area contributed by atoms with Crippen LogP contribution in [-0.4, -0.2) is 53.2 Å². The van der Waals surface area contributed by atoms with E-state index >= 15 is 0 Å². The van der Waals surface area contributed by atoms with Crippen LogP contribution in [0.5, 0.6) is 0 Å². The van der Waals surface area contributed by atoms with Crippen LogP contribution in [0.3, 0.4) is 0 Å². The lowest BCUT2D eigenvalue weighted by atomic mass is 10.3. The van der Waals surface area contributed by atoms with E-state index in [4.69, 9.17) is 5.11 Å². The minimum atomic E-state index is -3.90. The molecule has 2 aromatic carbocycles. The number of para-hydroxylation sites is 1. The summed E-state index contributed by atoms with van der Waals surface area (Å²) in [5, 5.41) is 15.9. The lowest BCUT2D eigenvalue weighted by molar-refractivity contribution is -0.137. The van der Waals surface area contributed by atoms with E-state index in [2.05, 4.69) is 15.1 Å². The molecule has 0 radical (unpaired) electrons. The van der Waals surface area contributed by atoms with E-state index in [1.165, 1.54) is 35.1 Å². The fourth-order valence-electron chi connectivity index (χ4n) is 3.14. The summed E-state index contributed by atoms with van der Waals surface area (Å²) < 4.78 is 29.7. The quantitative estimate of drug-likeness (QED) is 0.438. The highest BCUT2D eigenvalue weighted by atomic mass is 32.2. The van der Waals surface area contributed by atoms with Crippen LogP contribution in [0.15, 0.2) is 83.5 Å². The molecule has 1 aromatic heterocycles. The van der Waals surface area contributed by atoms with E-state index in [0.29, 0.717) is 11.4 Å². The molecule has 0 unspecified atom stereocenters. The molecule has 0 saturated carbocycles.